The largest absolute Gasteiger partial charge is 0.488 e. The summed E-state index contributed by atoms with van der Waals surface area (Å²) in [6.07, 6.45) is 0. The van der Waals surface area contributed by atoms with Gasteiger partial charge in [-0.1, -0.05) is 130 Å². The fourth-order valence-corrected chi connectivity index (χ4v) is 5.36. The smallest absolute Gasteiger partial charge is 0.128 e. The van der Waals surface area contributed by atoms with Crippen LogP contribution in [0.1, 0.15) is 59.8 Å². The molecule has 0 saturated carbocycles. The van der Waals surface area contributed by atoms with E-state index in [4.69, 9.17) is 9.72 Å². The Balaban J connectivity index is 1.52. The standard InChI is InChI=1S/C39H42N2O/c1-29-23-34(39(3,4)5)21-22-35(29)37-24-38(42-28-33-19-13-8-14-20-33)36(30(2)40-37)27-41(25-31-15-9-6-10-16-31)26-32-17-11-7-12-18-32/h6-24H,25-28H2,1-5H3. The Morgan fingerprint density at radius 2 is 1.19 bits per heavy atom. The number of nitrogens with zero attached hydrogens (tertiary/aromatic N) is 2. The third kappa shape index (κ3) is 7.54. The van der Waals surface area contributed by atoms with E-state index in [1.54, 1.807) is 0 Å². The van der Waals surface area contributed by atoms with Gasteiger partial charge in [0, 0.05) is 42.5 Å². The summed E-state index contributed by atoms with van der Waals surface area (Å²) in [5, 5.41) is 0. The fourth-order valence-electron chi connectivity index (χ4n) is 5.36. The van der Waals surface area contributed by atoms with E-state index in [2.05, 4.69) is 149 Å². The van der Waals surface area contributed by atoms with Crippen LogP contribution < -0.4 is 4.74 Å². The number of benzene rings is 4. The highest BCUT2D eigenvalue weighted by Gasteiger charge is 2.19. The summed E-state index contributed by atoms with van der Waals surface area (Å²) < 4.78 is 6.62. The van der Waals surface area contributed by atoms with Gasteiger partial charge in [0.1, 0.15) is 12.4 Å². The van der Waals surface area contributed by atoms with Crippen LogP contribution in [-0.2, 0) is 31.7 Å². The number of aromatic nitrogens is 1. The average molecular weight is 555 g/mol. The van der Waals surface area contributed by atoms with Crippen LogP contribution in [0.5, 0.6) is 5.75 Å². The lowest BCUT2D eigenvalue weighted by Crippen LogP contribution is -2.23. The van der Waals surface area contributed by atoms with Crippen molar-refractivity contribution >= 4 is 0 Å². The molecule has 42 heavy (non-hydrogen) atoms. The summed E-state index contributed by atoms with van der Waals surface area (Å²) in [4.78, 5) is 7.65. The Hall–Kier alpha value is -4.21. The van der Waals surface area contributed by atoms with Crippen molar-refractivity contribution in [2.45, 2.75) is 66.3 Å². The minimum absolute atomic E-state index is 0.0986. The van der Waals surface area contributed by atoms with Crippen LogP contribution in [-0.4, -0.2) is 9.88 Å². The molecule has 1 aromatic heterocycles. The van der Waals surface area contributed by atoms with Gasteiger partial charge >= 0.3 is 0 Å². The SMILES string of the molecule is Cc1cc(C(C)(C)C)ccc1-c1cc(OCc2ccccc2)c(CN(Cc2ccccc2)Cc2ccccc2)c(C)n1. The minimum atomic E-state index is 0.0986. The zero-order valence-electron chi connectivity index (χ0n) is 25.6. The molecular formula is C39H42N2O. The summed E-state index contributed by atoms with van der Waals surface area (Å²) in [5.41, 5.74) is 10.6. The minimum Gasteiger partial charge on any atom is -0.488 e. The number of pyridine rings is 1. The monoisotopic (exact) mass is 554 g/mol. The summed E-state index contributed by atoms with van der Waals surface area (Å²) in [5.74, 6) is 0.895. The first kappa shape index (κ1) is 29.3. The van der Waals surface area contributed by atoms with Crippen LogP contribution in [0.4, 0.5) is 0 Å². The lowest BCUT2D eigenvalue weighted by molar-refractivity contribution is 0.236. The molecule has 0 bridgehead atoms. The van der Waals surface area contributed by atoms with Gasteiger partial charge in [0.15, 0.2) is 0 Å². The van der Waals surface area contributed by atoms with Crippen molar-refractivity contribution < 1.29 is 4.74 Å². The van der Waals surface area contributed by atoms with E-state index < -0.39 is 0 Å². The van der Waals surface area contributed by atoms with Gasteiger partial charge in [-0.2, -0.15) is 0 Å². The van der Waals surface area contributed by atoms with Crippen molar-refractivity contribution in [1.82, 2.24) is 9.88 Å². The zero-order chi connectivity index (χ0) is 29.5. The van der Waals surface area contributed by atoms with E-state index >= 15 is 0 Å². The quantitative estimate of drug-likeness (QED) is 0.172. The first-order valence-electron chi connectivity index (χ1n) is 14.9. The molecule has 0 N–H and O–H groups in total. The third-order valence-corrected chi connectivity index (χ3v) is 7.78. The van der Waals surface area contributed by atoms with Gasteiger partial charge in [0.25, 0.3) is 0 Å². The molecule has 0 aliphatic rings. The molecule has 5 aromatic rings. The number of rotatable bonds is 10. The average Bonchev–Trinajstić information content (AvgIpc) is 2.98. The molecule has 0 spiro atoms. The second kappa shape index (κ2) is 13.2. The van der Waals surface area contributed by atoms with Gasteiger partial charge in [0.05, 0.1) is 5.69 Å². The molecular weight excluding hydrogens is 512 g/mol. The molecule has 0 aliphatic carbocycles. The highest BCUT2D eigenvalue weighted by molar-refractivity contribution is 5.67. The first-order valence-corrected chi connectivity index (χ1v) is 14.9. The van der Waals surface area contributed by atoms with E-state index in [-0.39, 0.29) is 5.41 Å². The topological polar surface area (TPSA) is 25.4 Å². The molecule has 3 nitrogen and oxygen atoms in total. The van der Waals surface area contributed by atoms with E-state index in [9.17, 15) is 0 Å². The third-order valence-electron chi connectivity index (χ3n) is 7.78. The lowest BCUT2D eigenvalue weighted by Gasteiger charge is -2.26. The first-order chi connectivity index (χ1) is 20.3. The number of hydrogen-bond acceptors (Lipinski definition) is 3. The molecule has 0 aliphatic heterocycles. The molecule has 0 saturated heterocycles. The van der Waals surface area contributed by atoms with Crippen molar-refractivity contribution in [3.63, 3.8) is 0 Å². The second-order valence-electron chi connectivity index (χ2n) is 12.2. The van der Waals surface area contributed by atoms with Crippen LogP contribution in [0.15, 0.2) is 115 Å². The van der Waals surface area contributed by atoms with Crippen LogP contribution in [0.2, 0.25) is 0 Å². The molecule has 0 unspecified atom stereocenters. The predicted octanol–water partition coefficient (Wildman–Crippen LogP) is 9.44. The maximum absolute atomic E-state index is 6.62. The molecule has 0 radical (unpaired) electrons. The maximum Gasteiger partial charge on any atom is 0.128 e. The summed E-state index contributed by atoms with van der Waals surface area (Å²) >= 11 is 0. The number of aryl methyl sites for hydroxylation is 2. The molecule has 5 rings (SSSR count). The summed E-state index contributed by atoms with van der Waals surface area (Å²) in [7, 11) is 0. The Kier molecular flexibility index (Phi) is 9.19. The van der Waals surface area contributed by atoms with Crippen molar-refractivity contribution in [3.8, 4) is 17.0 Å². The highest BCUT2D eigenvalue weighted by atomic mass is 16.5. The van der Waals surface area contributed by atoms with Crippen LogP contribution in [0, 0.1) is 13.8 Å². The summed E-state index contributed by atoms with van der Waals surface area (Å²) in [6, 6.07) is 40.7. The van der Waals surface area contributed by atoms with E-state index in [0.29, 0.717) is 6.61 Å². The van der Waals surface area contributed by atoms with Crippen LogP contribution in [0.25, 0.3) is 11.3 Å². The summed E-state index contributed by atoms with van der Waals surface area (Å²) in [6.45, 7) is 14.0. The van der Waals surface area contributed by atoms with Crippen LogP contribution in [0.3, 0.4) is 0 Å². The second-order valence-corrected chi connectivity index (χ2v) is 12.2. The van der Waals surface area contributed by atoms with E-state index in [1.165, 1.54) is 22.3 Å². The zero-order valence-corrected chi connectivity index (χ0v) is 25.6. The molecule has 0 amide bonds. The van der Waals surface area contributed by atoms with Crippen molar-refractivity contribution in [2.24, 2.45) is 0 Å². The Morgan fingerprint density at radius 1 is 0.643 bits per heavy atom. The van der Waals surface area contributed by atoms with Gasteiger partial charge in [-0.15, -0.1) is 0 Å². The van der Waals surface area contributed by atoms with Crippen molar-refractivity contribution in [2.75, 3.05) is 0 Å². The van der Waals surface area contributed by atoms with E-state index in [1.807, 2.05) is 6.07 Å². The Bertz CT molecular complexity index is 1550. The van der Waals surface area contributed by atoms with Gasteiger partial charge in [0.2, 0.25) is 0 Å². The van der Waals surface area contributed by atoms with Crippen molar-refractivity contribution in [1.29, 1.82) is 0 Å². The molecule has 3 heteroatoms. The molecule has 214 valence electrons. The van der Waals surface area contributed by atoms with Gasteiger partial charge < -0.3 is 4.74 Å². The van der Waals surface area contributed by atoms with Crippen LogP contribution >= 0.6 is 0 Å². The highest BCUT2D eigenvalue weighted by Crippen LogP contribution is 2.34. The normalized spacial score (nSPS) is 11.6. The van der Waals surface area contributed by atoms with Gasteiger partial charge in [-0.3, -0.25) is 9.88 Å². The maximum atomic E-state index is 6.62. The number of hydrogen-bond donors (Lipinski definition) is 0. The molecule has 1 heterocycles. The Morgan fingerprint density at radius 3 is 1.71 bits per heavy atom. The molecule has 0 fully saturated rings. The molecule has 4 aromatic carbocycles. The molecule has 0 atom stereocenters. The fraction of sp³-hybridized carbons (Fsp3) is 0.256. The Labute approximate surface area is 251 Å². The van der Waals surface area contributed by atoms with Crippen molar-refractivity contribution in [3.05, 3.63) is 154 Å². The van der Waals surface area contributed by atoms with E-state index in [0.717, 1.165) is 53.5 Å². The lowest BCUT2D eigenvalue weighted by atomic mass is 9.85. The van der Waals surface area contributed by atoms with Gasteiger partial charge in [-0.05, 0) is 47.1 Å². The predicted molar refractivity (Wildman–Crippen MR) is 174 cm³/mol. The number of ether oxygens (including phenoxy) is 1. The van der Waals surface area contributed by atoms with Gasteiger partial charge in [-0.25, -0.2) is 0 Å².